The van der Waals surface area contributed by atoms with Gasteiger partial charge in [-0.15, -0.1) is 0 Å². The van der Waals surface area contributed by atoms with E-state index in [-0.39, 0.29) is 12.5 Å². The summed E-state index contributed by atoms with van der Waals surface area (Å²) in [6.45, 7) is 1.86. The smallest absolute Gasteiger partial charge is 0.313 e. The number of halogens is 3. The van der Waals surface area contributed by atoms with Gasteiger partial charge in [-0.25, -0.2) is 0 Å². The lowest BCUT2D eigenvalue weighted by Crippen LogP contribution is -2.18. The number of nitrogens with one attached hydrogen (secondary N) is 1. The Morgan fingerprint density at radius 1 is 1.47 bits per heavy atom. The zero-order valence-corrected chi connectivity index (χ0v) is 10.3. The largest absolute Gasteiger partial charge is 0.389 e. The Kier molecular flexibility index (Phi) is 4.56. The molecule has 1 unspecified atom stereocenters. The van der Waals surface area contributed by atoms with Crippen molar-refractivity contribution in [3.63, 3.8) is 0 Å². The highest BCUT2D eigenvalue weighted by molar-refractivity contribution is 5.19. The fourth-order valence-electron chi connectivity index (χ4n) is 1.92. The van der Waals surface area contributed by atoms with Crippen molar-refractivity contribution >= 4 is 0 Å². The standard InChI is InChI=1S/C11H18F3N3/c1-8-9(7-17(3)16-8)10(15-2)5-4-6-11(12,13)14/h7,10,15H,4-6H2,1-3H3. The van der Waals surface area contributed by atoms with E-state index in [0.717, 1.165) is 11.3 Å². The number of hydrogen-bond acceptors (Lipinski definition) is 2. The Hall–Kier alpha value is -1.04. The predicted molar refractivity (Wildman–Crippen MR) is 59.7 cm³/mol. The van der Waals surface area contributed by atoms with E-state index in [1.165, 1.54) is 0 Å². The summed E-state index contributed by atoms with van der Waals surface area (Å²) in [5, 5.41) is 7.23. The van der Waals surface area contributed by atoms with Crippen molar-refractivity contribution < 1.29 is 13.2 Å². The quantitative estimate of drug-likeness (QED) is 0.869. The third kappa shape index (κ3) is 4.38. The van der Waals surface area contributed by atoms with Gasteiger partial charge in [-0.3, -0.25) is 4.68 Å². The highest BCUT2D eigenvalue weighted by Crippen LogP contribution is 2.27. The molecular weight excluding hydrogens is 231 g/mol. The fraction of sp³-hybridized carbons (Fsp3) is 0.727. The molecule has 0 amide bonds. The SMILES string of the molecule is CNC(CCCC(F)(F)F)c1cn(C)nc1C. The number of aryl methyl sites for hydroxylation is 2. The van der Waals surface area contributed by atoms with Crippen LogP contribution in [0.3, 0.4) is 0 Å². The zero-order chi connectivity index (χ0) is 13.1. The number of alkyl halides is 3. The molecule has 0 aliphatic heterocycles. The molecule has 0 aliphatic rings. The minimum absolute atomic E-state index is 0.0638. The average molecular weight is 249 g/mol. The summed E-state index contributed by atoms with van der Waals surface area (Å²) in [6.07, 6.45) is -2.36. The maximum atomic E-state index is 12.1. The topological polar surface area (TPSA) is 29.9 Å². The first-order valence-corrected chi connectivity index (χ1v) is 5.57. The summed E-state index contributed by atoms with van der Waals surface area (Å²) in [7, 11) is 3.56. The van der Waals surface area contributed by atoms with Crippen molar-refractivity contribution in [2.75, 3.05) is 7.05 Å². The van der Waals surface area contributed by atoms with Crippen LogP contribution in [0.5, 0.6) is 0 Å². The number of nitrogens with zero attached hydrogens (tertiary/aromatic N) is 2. The summed E-state index contributed by atoms with van der Waals surface area (Å²) >= 11 is 0. The molecule has 0 bridgehead atoms. The first-order valence-electron chi connectivity index (χ1n) is 5.57. The molecule has 1 heterocycles. The van der Waals surface area contributed by atoms with Crippen LogP contribution in [0.1, 0.15) is 36.6 Å². The van der Waals surface area contributed by atoms with Gasteiger partial charge in [0.2, 0.25) is 0 Å². The Balaban J connectivity index is 2.57. The van der Waals surface area contributed by atoms with Crippen LogP contribution in [0.25, 0.3) is 0 Å². The van der Waals surface area contributed by atoms with Gasteiger partial charge < -0.3 is 5.32 Å². The number of hydrogen-bond donors (Lipinski definition) is 1. The highest BCUT2D eigenvalue weighted by Gasteiger charge is 2.27. The van der Waals surface area contributed by atoms with Crippen molar-refractivity contribution in [2.24, 2.45) is 7.05 Å². The molecule has 1 N–H and O–H groups in total. The second kappa shape index (κ2) is 5.53. The summed E-state index contributed by atoms with van der Waals surface area (Å²) in [4.78, 5) is 0. The van der Waals surface area contributed by atoms with Gasteiger partial charge in [-0.05, 0) is 26.8 Å². The van der Waals surface area contributed by atoms with Gasteiger partial charge in [0.15, 0.2) is 0 Å². The molecule has 0 fully saturated rings. The average Bonchev–Trinajstić information content (AvgIpc) is 2.51. The summed E-state index contributed by atoms with van der Waals surface area (Å²) in [5.74, 6) is 0. The van der Waals surface area contributed by atoms with E-state index in [0.29, 0.717) is 6.42 Å². The molecule has 98 valence electrons. The van der Waals surface area contributed by atoms with Crippen molar-refractivity contribution in [3.8, 4) is 0 Å². The van der Waals surface area contributed by atoms with Crippen LogP contribution in [-0.4, -0.2) is 23.0 Å². The van der Waals surface area contributed by atoms with Gasteiger partial charge in [-0.2, -0.15) is 18.3 Å². The highest BCUT2D eigenvalue weighted by atomic mass is 19.4. The molecule has 3 nitrogen and oxygen atoms in total. The van der Waals surface area contributed by atoms with Crippen LogP contribution < -0.4 is 5.32 Å². The first-order chi connectivity index (χ1) is 7.83. The lowest BCUT2D eigenvalue weighted by atomic mass is 10.0. The van der Waals surface area contributed by atoms with Crippen LogP contribution >= 0.6 is 0 Å². The summed E-state index contributed by atoms with van der Waals surface area (Å²) in [6, 6.07) is -0.0638. The second-order valence-corrected chi connectivity index (χ2v) is 4.19. The van der Waals surface area contributed by atoms with Gasteiger partial charge in [0.1, 0.15) is 0 Å². The van der Waals surface area contributed by atoms with E-state index < -0.39 is 12.6 Å². The van der Waals surface area contributed by atoms with Crippen LogP contribution in [0.15, 0.2) is 6.20 Å². The molecule has 17 heavy (non-hydrogen) atoms. The first kappa shape index (κ1) is 14.0. The summed E-state index contributed by atoms with van der Waals surface area (Å²) < 4.78 is 37.9. The van der Waals surface area contributed by atoms with Crippen LogP contribution in [0.4, 0.5) is 13.2 Å². The minimum Gasteiger partial charge on any atom is -0.313 e. The van der Waals surface area contributed by atoms with Crippen LogP contribution in [-0.2, 0) is 7.05 Å². The molecule has 1 aromatic heterocycles. The normalized spacial score (nSPS) is 14.0. The molecule has 6 heteroatoms. The predicted octanol–water partition coefficient (Wildman–Crippen LogP) is 2.72. The Bertz CT molecular complexity index is 357. The Morgan fingerprint density at radius 3 is 2.53 bits per heavy atom. The number of aromatic nitrogens is 2. The molecule has 0 aromatic carbocycles. The van der Waals surface area contributed by atoms with E-state index in [1.54, 1.807) is 18.8 Å². The third-order valence-electron chi connectivity index (χ3n) is 2.73. The lowest BCUT2D eigenvalue weighted by Gasteiger charge is -2.16. The van der Waals surface area contributed by atoms with E-state index in [4.69, 9.17) is 0 Å². The van der Waals surface area contributed by atoms with Gasteiger partial charge in [0.05, 0.1) is 5.69 Å². The maximum absolute atomic E-state index is 12.1. The molecule has 1 rings (SSSR count). The van der Waals surface area contributed by atoms with Crippen molar-refractivity contribution in [3.05, 3.63) is 17.5 Å². The van der Waals surface area contributed by atoms with Crippen LogP contribution in [0, 0.1) is 6.92 Å². The lowest BCUT2D eigenvalue weighted by molar-refractivity contribution is -0.135. The van der Waals surface area contributed by atoms with Crippen molar-refractivity contribution in [1.29, 1.82) is 0 Å². The molecule has 0 radical (unpaired) electrons. The molecule has 0 spiro atoms. The van der Waals surface area contributed by atoms with Gasteiger partial charge in [0, 0.05) is 31.3 Å². The molecule has 0 saturated carbocycles. The Labute approximate surface area is 99.0 Å². The fourth-order valence-corrected chi connectivity index (χ4v) is 1.92. The second-order valence-electron chi connectivity index (χ2n) is 4.19. The zero-order valence-electron chi connectivity index (χ0n) is 10.3. The van der Waals surface area contributed by atoms with Crippen molar-refractivity contribution in [1.82, 2.24) is 15.1 Å². The molecular formula is C11H18F3N3. The number of rotatable bonds is 5. The van der Waals surface area contributed by atoms with Gasteiger partial charge in [-0.1, -0.05) is 0 Å². The monoisotopic (exact) mass is 249 g/mol. The summed E-state index contributed by atoms with van der Waals surface area (Å²) in [5.41, 5.74) is 1.83. The van der Waals surface area contributed by atoms with Gasteiger partial charge in [0.25, 0.3) is 0 Å². The van der Waals surface area contributed by atoms with E-state index in [1.807, 2.05) is 13.1 Å². The van der Waals surface area contributed by atoms with E-state index in [2.05, 4.69) is 10.4 Å². The minimum atomic E-state index is -4.07. The van der Waals surface area contributed by atoms with E-state index in [9.17, 15) is 13.2 Å². The maximum Gasteiger partial charge on any atom is 0.389 e. The molecule has 0 aliphatic carbocycles. The molecule has 0 saturated heterocycles. The van der Waals surface area contributed by atoms with Crippen molar-refractivity contribution in [2.45, 2.75) is 38.4 Å². The van der Waals surface area contributed by atoms with E-state index >= 15 is 0 Å². The third-order valence-corrected chi connectivity index (χ3v) is 2.73. The molecule has 1 aromatic rings. The van der Waals surface area contributed by atoms with Gasteiger partial charge >= 0.3 is 6.18 Å². The molecule has 1 atom stereocenters. The van der Waals surface area contributed by atoms with Crippen LogP contribution in [0.2, 0.25) is 0 Å². The Morgan fingerprint density at radius 2 is 2.12 bits per heavy atom.